The van der Waals surface area contributed by atoms with E-state index in [1.807, 2.05) is 13.8 Å². The third kappa shape index (κ3) is 8.74. The van der Waals surface area contributed by atoms with Gasteiger partial charge in [-0.3, -0.25) is 9.59 Å². The minimum absolute atomic E-state index is 0.200. The lowest BCUT2D eigenvalue weighted by atomic mass is 9.76. The summed E-state index contributed by atoms with van der Waals surface area (Å²) < 4.78 is 10.5. The van der Waals surface area contributed by atoms with E-state index in [-0.39, 0.29) is 17.4 Å². The SMILES string of the molecule is CCCCOC(=O)CC(CC)(CC)CC(=O)OCCCC. The van der Waals surface area contributed by atoms with Crippen molar-refractivity contribution in [2.75, 3.05) is 13.2 Å². The number of hydrogen-bond acceptors (Lipinski definition) is 4. The molecule has 0 fully saturated rings. The van der Waals surface area contributed by atoms with Gasteiger partial charge in [-0.1, -0.05) is 40.5 Å². The Morgan fingerprint density at radius 3 is 1.43 bits per heavy atom. The number of ether oxygens (including phenoxy) is 2. The largest absolute Gasteiger partial charge is 0.466 e. The van der Waals surface area contributed by atoms with Crippen LogP contribution in [0.4, 0.5) is 0 Å². The first-order chi connectivity index (χ1) is 10.0. The Morgan fingerprint density at radius 2 is 1.14 bits per heavy atom. The second-order valence-corrected chi connectivity index (χ2v) is 5.71. The summed E-state index contributed by atoms with van der Waals surface area (Å²) >= 11 is 0. The highest BCUT2D eigenvalue weighted by atomic mass is 16.5. The Labute approximate surface area is 129 Å². The fourth-order valence-corrected chi connectivity index (χ4v) is 2.19. The van der Waals surface area contributed by atoms with Crippen molar-refractivity contribution in [3.8, 4) is 0 Å². The normalized spacial score (nSPS) is 11.2. The Balaban J connectivity index is 4.39. The predicted molar refractivity (Wildman–Crippen MR) is 84.0 cm³/mol. The van der Waals surface area contributed by atoms with Gasteiger partial charge in [-0.05, 0) is 31.1 Å². The van der Waals surface area contributed by atoms with Crippen molar-refractivity contribution in [1.82, 2.24) is 0 Å². The molecule has 0 aliphatic carbocycles. The summed E-state index contributed by atoms with van der Waals surface area (Å²) in [7, 11) is 0. The number of rotatable bonds is 12. The molecule has 0 aromatic heterocycles. The molecule has 4 nitrogen and oxygen atoms in total. The topological polar surface area (TPSA) is 52.6 Å². The maximum absolute atomic E-state index is 11.9. The standard InChI is InChI=1S/C17H32O4/c1-5-9-11-20-15(18)13-17(7-3,8-4)14-16(19)21-12-10-6-2/h5-14H2,1-4H3. The molecule has 21 heavy (non-hydrogen) atoms. The van der Waals surface area contributed by atoms with Crippen LogP contribution in [0.3, 0.4) is 0 Å². The summed E-state index contributed by atoms with van der Waals surface area (Å²) in [6, 6.07) is 0. The molecule has 4 heteroatoms. The molecular formula is C17H32O4. The third-order valence-corrected chi connectivity index (χ3v) is 4.06. The highest BCUT2D eigenvalue weighted by molar-refractivity contribution is 5.74. The summed E-state index contributed by atoms with van der Waals surface area (Å²) in [5.74, 6) is -0.401. The van der Waals surface area contributed by atoms with Crippen LogP contribution in [0.1, 0.15) is 79.1 Å². The van der Waals surface area contributed by atoms with Gasteiger partial charge in [-0.2, -0.15) is 0 Å². The maximum atomic E-state index is 11.9. The Bertz CT molecular complexity index is 269. The first-order valence-corrected chi connectivity index (χ1v) is 8.34. The molecule has 0 unspecified atom stereocenters. The molecule has 0 N–H and O–H groups in total. The van der Waals surface area contributed by atoms with Crippen LogP contribution in [0.25, 0.3) is 0 Å². The first-order valence-electron chi connectivity index (χ1n) is 8.34. The molecule has 0 rings (SSSR count). The molecule has 0 saturated carbocycles. The second kappa shape index (κ2) is 11.6. The number of esters is 2. The van der Waals surface area contributed by atoms with Gasteiger partial charge in [0.15, 0.2) is 0 Å². The molecule has 0 aliphatic heterocycles. The van der Waals surface area contributed by atoms with E-state index in [2.05, 4.69) is 13.8 Å². The average molecular weight is 300 g/mol. The van der Waals surface area contributed by atoms with Crippen LogP contribution in [0.2, 0.25) is 0 Å². The predicted octanol–water partition coefficient (Wildman–Crippen LogP) is 4.26. The zero-order valence-electron chi connectivity index (χ0n) is 14.2. The molecule has 0 heterocycles. The Hall–Kier alpha value is -1.06. The van der Waals surface area contributed by atoms with E-state index in [0.717, 1.165) is 38.5 Å². The second-order valence-electron chi connectivity index (χ2n) is 5.71. The van der Waals surface area contributed by atoms with Crippen molar-refractivity contribution in [3.05, 3.63) is 0 Å². The minimum atomic E-state index is -0.327. The summed E-state index contributed by atoms with van der Waals surface area (Å²) in [6.45, 7) is 9.09. The van der Waals surface area contributed by atoms with Crippen LogP contribution >= 0.6 is 0 Å². The molecule has 0 atom stereocenters. The van der Waals surface area contributed by atoms with Crippen molar-refractivity contribution >= 4 is 11.9 Å². The molecule has 0 aliphatic rings. The molecular weight excluding hydrogens is 268 g/mol. The van der Waals surface area contributed by atoms with Crippen molar-refractivity contribution in [2.45, 2.75) is 79.1 Å². The third-order valence-electron chi connectivity index (χ3n) is 4.06. The van der Waals surface area contributed by atoms with Gasteiger partial charge in [0.25, 0.3) is 0 Å². The average Bonchev–Trinajstić information content (AvgIpc) is 2.47. The molecule has 0 amide bonds. The molecule has 0 bridgehead atoms. The summed E-state index contributed by atoms with van der Waals surface area (Å²) in [4.78, 5) is 23.8. The van der Waals surface area contributed by atoms with Gasteiger partial charge < -0.3 is 9.47 Å². The van der Waals surface area contributed by atoms with E-state index in [4.69, 9.17) is 9.47 Å². The van der Waals surface area contributed by atoms with E-state index in [1.54, 1.807) is 0 Å². The van der Waals surface area contributed by atoms with Gasteiger partial charge >= 0.3 is 11.9 Å². The van der Waals surface area contributed by atoms with Crippen LogP contribution in [0, 0.1) is 5.41 Å². The number of carbonyl (C=O) groups excluding carboxylic acids is 2. The zero-order valence-corrected chi connectivity index (χ0v) is 14.2. The van der Waals surface area contributed by atoms with E-state index in [0.29, 0.717) is 26.1 Å². The van der Waals surface area contributed by atoms with Crippen LogP contribution in [-0.2, 0) is 19.1 Å². The monoisotopic (exact) mass is 300 g/mol. The Morgan fingerprint density at radius 1 is 0.762 bits per heavy atom. The lowest BCUT2D eigenvalue weighted by Gasteiger charge is -2.29. The van der Waals surface area contributed by atoms with Gasteiger partial charge in [-0.25, -0.2) is 0 Å². The first kappa shape index (κ1) is 19.9. The van der Waals surface area contributed by atoms with Crippen LogP contribution in [0.15, 0.2) is 0 Å². The maximum Gasteiger partial charge on any atom is 0.306 e. The molecule has 0 aromatic carbocycles. The molecule has 0 radical (unpaired) electrons. The van der Waals surface area contributed by atoms with Gasteiger partial charge in [0.05, 0.1) is 26.1 Å². The lowest BCUT2D eigenvalue weighted by molar-refractivity contribution is -0.151. The Kier molecular flexibility index (Phi) is 11.0. The molecule has 0 spiro atoms. The fourth-order valence-electron chi connectivity index (χ4n) is 2.19. The highest BCUT2D eigenvalue weighted by Crippen LogP contribution is 2.35. The van der Waals surface area contributed by atoms with Crippen molar-refractivity contribution < 1.29 is 19.1 Å². The highest BCUT2D eigenvalue weighted by Gasteiger charge is 2.33. The van der Waals surface area contributed by atoms with Crippen LogP contribution in [0.5, 0.6) is 0 Å². The van der Waals surface area contributed by atoms with Crippen LogP contribution in [-0.4, -0.2) is 25.2 Å². The van der Waals surface area contributed by atoms with Crippen molar-refractivity contribution in [1.29, 1.82) is 0 Å². The van der Waals surface area contributed by atoms with E-state index in [1.165, 1.54) is 0 Å². The molecule has 0 aromatic rings. The van der Waals surface area contributed by atoms with E-state index in [9.17, 15) is 9.59 Å². The number of carbonyl (C=O) groups is 2. The van der Waals surface area contributed by atoms with E-state index < -0.39 is 0 Å². The molecule has 0 saturated heterocycles. The van der Waals surface area contributed by atoms with Gasteiger partial charge in [0, 0.05) is 0 Å². The zero-order chi connectivity index (χ0) is 16.1. The van der Waals surface area contributed by atoms with Gasteiger partial charge in [-0.15, -0.1) is 0 Å². The van der Waals surface area contributed by atoms with Crippen molar-refractivity contribution in [3.63, 3.8) is 0 Å². The molecule has 124 valence electrons. The minimum Gasteiger partial charge on any atom is -0.466 e. The van der Waals surface area contributed by atoms with Gasteiger partial charge in [0.2, 0.25) is 0 Å². The van der Waals surface area contributed by atoms with Crippen molar-refractivity contribution in [2.24, 2.45) is 5.41 Å². The smallest absolute Gasteiger partial charge is 0.306 e. The summed E-state index contributed by atoms with van der Waals surface area (Å²) in [6.07, 6.45) is 5.92. The summed E-state index contributed by atoms with van der Waals surface area (Å²) in [5.41, 5.74) is -0.327. The quantitative estimate of drug-likeness (QED) is 0.399. The van der Waals surface area contributed by atoms with E-state index >= 15 is 0 Å². The lowest BCUT2D eigenvalue weighted by Crippen LogP contribution is -2.28. The number of hydrogen-bond donors (Lipinski definition) is 0. The van der Waals surface area contributed by atoms with Gasteiger partial charge in [0.1, 0.15) is 0 Å². The fraction of sp³-hybridized carbons (Fsp3) is 0.882. The van der Waals surface area contributed by atoms with Crippen LogP contribution < -0.4 is 0 Å². The number of unbranched alkanes of at least 4 members (excludes halogenated alkanes) is 2. The summed E-state index contributed by atoms with van der Waals surface area (Å²) in [5, 5.41) is 0.